The molecule has 6 heteroatoms. The van der Waals surface area contributed by atoms with Crippen molar-refractivity contribution in [2.45, 2.75) is 26.3 Å². The van der Waals surface area contributed by atoms with Gasteiger partial charge in [0.25, 0.3) is 0 Å². The summed E-state index contributed by atoms with van der Waals surface area (Å²) in [6.45, 7) is 4.25. The second-order valence-electron chi connectivity index (χ2n) is 5.72. The fourth-order valence-corrected chi connectivity index (χ4v) is 2.62. The van der Waals surface area contributed by atoms with E-state index in [1.807, 2.05) is 29.1 Å². The number of aromatic nitrogens is 5. The van der Waals surface area contributed by atoms with E-state index >= 15 is 0 Å². The van der Waals surface area contributed by atoms with Crippen LogP contribution in [0.1, 0.15) is 20.3 Å². The number of nitrogens with zero attached hydrogens (tertiary/aromatic N) is 4. The Morgan fingerprint density at radius 3 is 3.09 bits per heavy atom. The van der Waals surface area contributed by atoms with Gasteiger partial charge in [0.2, 0.25) is 5.95 Å². The average Bonchev–Trinajstić information content (AvgIpc) is 3.19. The molecule has 0 aliphatic carbocycles. The van der Waals surface area contributed by atoms with Gasteiger partial charge < -0.3 is 14.7 Å². The molecule has 0 aliphatic heterocycles. The van der Waals surface area contributed by atoms with E-state index in [0.717, 1.165) is 34.2 Å². The Hall–Kier alpha value is -2.89. The van der Waals surface area contributed by atoms with Crippen molar-refractivity contribution in [3.63, 3.8) is 0 Å². The Bertz CT molecular complexity index is 967. The normalized spacial score (nSPS) is 12.8. The molecule has 116 valence electrons. The van der Waals surface area contributed by atoms with Crippen LogP contribution in [-0.4, -0.2) is 30.4 Å². The van der Waals surface area contributed by atoms with Gasteiger partial charge >= 0.3 is 0 Å². The Kier molecular flexibility index (Phi) is 3.22. The number of hydrogen-bond acceptors (Lipinski definition) is 4. The molecule has 1 atom stereocenters. The average molecular weight is 306 g/mol. The number of nitrogens with one attached hydrogen (secondary N) is 2. The first-order chi connectivity index (χ1) is 11.2. The van der Waals surface area contributed by atoms with E-state index in [4.69, 9.17) is 0 Å². The van der Waals surface area contributed by atoms with Gasteiger partial charge in [-0.25, -0.2) is 9.97 Å². The predicted molar refractivity (Wildman–Crippen MR) is 91.5 cm³/mol. The van der Waals surface area contributed by atoms with Crippen LogP contribution in [0.5, 0.6) is 0 Å². The van der Waals surface area contributed by atoms with E-state index in [1.54, 1.807) is 6.20 Å². The number of fused-ring (bicyclic) bond motifs is 2. The summed E-state index contributed by atoms with van der Waals surface area (Å²) in [5.74, 6) is 0.658. The smallest absolute Gasteiger partial charge is 0.224 e. The van der Waals surface area contributed by atoms with Gasteiger partial charge in [-0.15, -0.1) is 0 Å². The van der Waals surface area contributed by atoms with Crippen LogP contribution in [0.2, 0.25) is 0 Å². The van der Waals surface area contributed by atoms with Crippen molar-refractivity contribution >= 4 is 22.6 Å². The zero-order chi connectivity index (χ0) is 15.8. The highest BCUT2D eigenvalue weighted by Crippen LogP contribution is 2.28. The van der Waals surface area contributed by atoms with Crippen molar-refractivity contribution in [3.8, 4) is 11.1 Å². The first kappa shape index (κ1) is 13.8. The largest absolute Gasteiger partial charge is 0.352 e. The second kappa shape index (κ2) is 5.39. The van der Waals surface area contributed by atoms with E-state index in [1.165, 1.54) is 0 Å². The molecular formula is C17H18N6. The molecule has 0 spiro atoms. The van der Waals surface area contributed by atoms with Gasteiger partial charge in [-0.3, -0.25) is 0 Å². The monoisotopic (exact) mass is 306 g/mol. The van der Waals surface area contributed by atoms with Crippen LogP contribution in [0.3, 0.4) is 0 Å². The van der Waals surface area contributed by atoms with Crippen LogP contribution in [-0.2, 0) is 0 Å². The van der Waals surface area contributed by atoms with Crippen LogP contribution in [0.15, 0.2) is 43.1 Å². The van der Waals surface area contributed by atoms with Crippen molar-refractivity contribution in [1.82, 2.24) is 24.3 Å². The highest BCUT2D eigenvalue weighted by Gasteiger charge is 2.10. The summed E-state index contributed by atoms with van der Waals surface area (Å²) in [5, 5.41) is 4.31. The molecule has 0 saturated carbocycles. The fourth-order valence-electron chi connectivity index (χ4n) is 2.62. The maximum absolute atomic E-state index is 4.56. The summed E-state index contributed by atoms with van der Waals surface area (Å²) in [7, 11) is 0. The zero-order valence-electron chi connectivity index (χ0n) is 13.1. The first-order valence-electron chi connectivity index (χ1n) is 7.78. The van der Waals surface area contributed by atoms with E-state index in [-0.39, 0.29) is 0 Å². The zero-order valence-corrected chi connectivity index (χ0v) is 13.1. The van der Waals surface area contributed by atoms with Gasteiger partial charge in [-0.1, -0.05) is 6.92 Å². The fraction of sp³-hybridized carbons (Fsp3) is 0.235. The lowest BCUT2D eigenvalue weighted by Gasteiger charge is -2.10. The second-order valence-corrected chi connectivity index (χ2v) is 5.72. The first-order valence-corrected chi connectivity index (χ1v) is 7.78. The number of H-pyrrole nitrogens is 1. The lowest BCUT2D eigenvalue weighted by molar-refractivity contribution is 0.754. The van der Waals surface area contributed by atoms with Crippen LogP contribution < -0.4 is 5.32 Å². The molecular weight excluding hydrogens is 288 g/mol. The lowest BCUT2D eigenvalue weighted by Crippen LogP contribution is -2.15. The molecule has 0 aliphatic rings. The molecule has 0 fully saturated rings. The summed E-state index contributed by atoms with van der Waals surface area (Å²) in [6, 6.07) is 4.43. The molecule has 4 aromatic rings. The van der Waals surface area contributed by atoms with Gasteiger partial charge in [-0.2, -0.15) is 4.98 Å². The molecule has 0 aromatic carbocycles. The summed E-state index contributed by atoms with van der Waals surface area (Å²) in [5.41, 5.74) is 3.97. The van der Waals surface area contributed by atoms with Gasteiger partial charge in [-0.05, 0) is 25.5 Å². The van der Waals surface area contributed by atoms with E-state index in [9.17, 15) is 0 Å². The van der Waals surface area contributed by atoms with Crippen LogP contribution in [0.25, 0.3) is 27.8 Å². The van der Waals surface area contributed by atoms with Crippen LogP contribution in [0.4, 0.5) is 5.95 Å². The molecule has 4 rings (SSSR count). The SMILES string of the molecule is CC[C@H](C)Nc1ncc2c(-c3ccc4nccn4c3)c[nH]c2n1. The minimum absolute atomic E-state index is 0.352. The standard InChI is InChI=1S/C17H18N6/c1-3-11(2)21-17-20-9-14-13(8-19-16(14)22-17)12-4-5-15-18-6-7-23(15)10-12/h4-11H,3H2,1-2H3,(H2,19,20,21,22)/t11-/m0/s1. The summed E-state index contributed by atoms with van der Waals surface area (Å²) < 4.78 is 2.01. The lowest BCUT2D eigenvalue weighted by atomic mass is 10.1. The Labute approximate surface area is 133 Å². The highest BCUT2D eigenvalue weighted by molar-refractivity contribution is 5.93. The third-order valence-electron chi connectivity index (χ3n) is 4.12. The van der Waals surface area contributed by atoms with Gasteiger partial charge in [0.1, 0.15) is 11.3 Å². The number of anilines is 1. The number of pyridine rings is 1. The maximum Gasteiger partial charge on any atom is 0.224 e. The quantitative estimate of drug-likeness (QED) is 0.605. The molecule has 6 nitrogen and oxygen atoms in total. The molecule has 0 bridgehead atoms. The summed E-state index contributed by atoms with van der Waals surface area (Å²) >= 11 is 0. The number of hydrogen-bond donors (Lipinski definition) is 2. The number of rotatable bonds is 4. The highest BCUT2D eigenvalue weighted by atomic mass is 15.1. The third-order valence-corrected chi connectivity index (χ3v) is 4.12. The molecule has 4 heterocycles. The minimum atomic E-state index is 0.352. The third kappa shape index (κ3) is 2.42. The Morgan fingerprint density at radius 1 is 1.30 bits per heavy atom. The molecule has 0 radical (unpaired) electrons. The van der Waals surface area contributed by atoms with E-state index in [2.05, 4.69) is 51.4 Å². The van der Waals surface area contributed by atoms with Crippen molar-refractivity contribution in [1.29, 1.82) is 0 Å². The number of imidazole rings is 1. The van der Waals surface area contributed by atoms with Crippen molar-refractivity contribution in [3.05, 3.63) is 43.1 Å². The van der Waals surface area contributed by atoms with Gasteiger partial charge in [0, 0.05) is 53.5 Å². The van der Waals surface area contributed by atoms with Crippen molar-refractivity contribution < 1.29 is 0 Å². The van der Waals surface area contributed by atoms with E-state index < -0.39 is 0 Å². The van der Waals surface area contributed by atoms with Gasteiger partial charge in [0.15, 0.2) is 0 Å². The predicted octanol–water partition coefficient (Wildman–Crippen LogP) is 3.48. The van der Waals surface area contributed by atoms with Crippen molar-refractivity contribution in [2.75, 3.05) is 5.32 Å². The maximum atomic E-state index is 4.56. The molecule has 0 amide bonds. The summed E-state index contributed by atoms with van der Waals surface area (Å²) in [4.78, 5) is 16.5. The number of aromatic amines is 1. The van der Waals surface area contributed by atoms with Crippen LogP contribution in [0, 0.1) is 0 Å². The topological polar surface area (TPSA) is 70.9 Å². The molecule has 4 aromatic heterocycles. The van der Waals surface area contributed by atoms with E-state index in [0.29, 0.717) is 12.0 Å². The Balaban J connectivity index is 1.75. The van der Waals surface area contributed by atoms with Crippen LogP contribution >= 0.6 is 0 Å². The van der Waals surface area contributed by atoms with Crippen molar-refractivity contribution in [2.24, 2.45) is 0 Å². The molecule has 0 unspecified atom stereocenters. The summed E-state index contributed by atoms with van der Waals surface area (Å²) in [6.07, 6.45) is 10.7. The minimum Gasteiger partial charge on any atom is -0.352 e. The molecule has 0 saturated heterocycles. The molecule has 23 heavy (non-hydrogen) atoms. The van der Waals surface area contributed by atoms with Gasteiger partial charge in [0.05, 0.1) is 0 Å². The Morgan fingerprint density at radius 2 is 2.22 bits per heavy atom. The molecule has 2 N–H and O–H groups in total.